The molecule has 0 amide bonds. The number of carboxylic acids is 1. The van der Waals surface area contributed by atoms with Gasteiger partial charge in [0.25, 0.3) is 0 Å². The van der Waals surface area contributed by atoms with Crippen LogP contribution < -0.4 is 0 Å². The second kappa shape index (κ2) is 6.34. The molecule has 0 aromatic heterocycles. The minimum atomic E-state index is -1.01. The summed E-state index contributed by atoms with van der Waals surface area (Å²) >= 11 is 0. The Kier molecular flexibility index (Phi) is 5.09. The maximum atomic E-state index is 11.6. The summed E-state index contributed by atoms with van der Waals surface area (Å²) in [6.07, 6.45) is -0.356. The molecule has 1 saturated heterocycles. The lowest BCUT2D eigenvalue weighted by molar-refractivity contribution is -0.158. The number of aliphatic carboxylic acids is 1. The SMILES string of the molecule is CCOC(=O)CC(=O)C1CCC(C(=O)O)OC1. The molecular formula is C11H16O6. The highest BCUT2D eigenvalue weighted by atomic mass is 16.5. The maximum absolute atomic E-state index is 11.6. The van der Waals surface area contributed by atoms with Crippen LogP contribution in [-0.4, -0.2) is 42.1 Å². The van der Waals surface area contributed by atoms with Crippen LogP contribution in [0, 0.1) is 5.92 Å². The molecule has 6 nitrogen and oxygen atoms in total. The van der Waals surface area contributed by atoms with Crippen LogP contribution in [0.5, 0.6) is 0 Å². The second-order valence-corrected chi connectivity index (χ2v) is 3.88. The molecule has 6 heteroatoms. The number of rotatable bonds is 5. The molecule has 0 radical (unpaired) electrons. The van der Waals surface area contributed by atoms with Gasteiger partial charge in [-0.3, -0.25) is 9.59 Å². The van der Waals surface area contributed by atoms with E-state index >= 15 is 0 Å². The number of Topliss-reactive ketones (excluding diaryl/α,β-unsaturated/α-hetero) is 1. The van der Waals surface area contributed by atoms with Crippen LogP contribution in [0.15, 0.2) is 0 Å². The predicted octanol–water partition coefficient (Wildman–Crippen LogP) is 0.388. The van der Waals surface area contributed by atoms with E-state index in [-0.39, 0.29) is 25.4 Å². The highest BCUT2D eigenvalue weighted by Gasteiger charge is 2.31. The van der Waals surface area contributed by atoms with Gasteiger partial charge in [-0.15, -0.1) is 0 Å². The van der Waals surface area contributed by atoms with Gasteiger partial charge in [0.15, 0.2) is 6.10 Å². The Morgan fingerprint density at radius 1 is 1.35 bits per heavy atom. The molecule has 0 aliphatic carbocycles. The van der Waals surface area contributed by atoms with Gasteiger partial charge in [-0.2, -0.15) is 0 Å². The van der Waals surface area contributed by atoms with Gasteiger partial charge >= 0.3 is 11.9 Å². The third-order valence-electron chi connectivity index (χ3n) is 2.63. The summed E-state index contributed by atoms with van der Waals surface area (Å²) in [6.45, 7) is 1.98. The smallest absolute Gasteiger partial charge is 0.332 e. The van der Waals surface area contributed by atoms with Gasteiger partial charge in [-0.25, -0.2) is 4.79 Å². The molecule has 17 heavy (non-hydrogen) atoms. The maximum Gasteiger partial charge on any atom is 0.332 e. The highest BCUT2D eigenvalue weighted by molar-refractivity contribution is 5.96. The minimum Gasteiger partial charge on any atom is -0.479 e. The van der Waals surface area contributed by atoms with Crippen molar-refractivity contribution >= 4 is 17.7 Å². The molecule has 0 aromatic carbocycles. The van der Waals surface area contributed by atoms with Gasteiger partial charge in [0.05, 0.1) is 13.2 Å². The molecule has 96 valence electrons. The van der Waals surface area contributed by atoms with Crippen molar-refractivity contribution in [3.63, 3.8) is 0 Å². The first-order chi connectivity index (χ1) is 8.04. The lowest BCUT2D eigenvalue weighted by Gasteiger charge is -2.25. The molecule has 2 unspecified atom stereocenters. The Morgan fingerprint density at radius 3 is 2.53 bits per heavy atom. The van der Waals surface area contributed by atoms with Crippen LogP contribution in [0.2, 0.25) is 0 Å². The number of carboxylic acid groups (broad SMARTS) is 1. The van der Waals surface area contributed by atoms with Crippen molar-refractivity contribution in [2.75, 3.05) is 13.2 Å². The summed E-state index contributed by atoms with van der Waals surface area (Å²) in [7, 11) is 0. The van der Waals surface area contributed by atoms with Crippen LogP contribution >= 0.6 is 0 Å². The normalized spacial score (nSPS) is 24.1. The van der Waals surface area contributed by atoms with E-state index in [0.29, 0.717) is 12.8 Å². The summed E-state index contributed by atoms with van der Waals surface area (Å²) in [5.41, 5.74) is 0. The van der Waals surface area contributed by atoms with Crippen molar-refractivity contribution in [3.05, 3.63) is 0 Å². The van der Waals surface area contributed by atoms with Crippen molar-refractivity contribution in [1.82, 2.24) is 0 Å². The van der Waals surface area contributed by atoms with E-state index in [1.807, 2.05) is 0 Å². The van der Waals surface area contributed by atoms with Crippen molar-refractivity contribution in [2.45, 2.75) is 32.3 Å². The monoisotopic (exact) mass is 244 g/mol. The largest absolute Gasteiger partial charge is 0.479 e. The molecular weight excluding hydrogens is 228 g/mol. The van der Waals surface area contributed by atoms with Gasteiger partial charge in [-0.1, -0.05) is 0 Å². The van der Waals surface area contributed by atoms with Crippen LogP contribution in [0.3, 0.4) is 0 Å². The van der Waals surface area contributed by atoms with Gasteiger partial charge in [0, 0.05) is 5.92 Å². The van der Waals surface area contributed by atoms with Crippen molar-refractivity contribution in [1.29, 1.82) is 0 Å². The summed E-state index contributed by atoms with van der Waals surface area (Å²) < 4.78 is 9.71. The van der Waals surface area contributed by atoms with Gasteiger partial charge in [0.2, 0.25) is 0 Å². The first-order valence-electron chi connectivity index (χ1n) is 5.57. The zero-order valence-electron chi connectivity index (χ0n) is 9.68. The van der Waals surface area contributed by atoms with Gasteiger partial charge < -0.3 is 14.6 Å². The van der Waals surface area contributed by atoms with Crippen LogP contribution in [0.1, 0.15) is 26.2 Å². The molecule has 0 bridgehead atoms. The van der Waals surface area contributed by atoms with E-state index in [9.17, 15) is 14.4 Å². The van der Waals surface area contributed by atoms with Crippen LogP contribution in [-0.2, 0) is 23.9 Å². The van der Waals surface area contributed by atoms with E-state index in [0.717, 1.165) is 0 Å². The topological polar surface area (TPSA) is 89.9 Å². The standard InChI is InChI=1S/C11H16O6/c1-2-16-10(13)5-8(12)7-3-4-9(11(14)15)17-6-7/h7,9H,2-6H2,1H3,(H,14,15). The van der Waals surface area contributed by atoms with Crippen molar-refractivity contribution in [2.24, 2.45) is 5.92 Å². The Morgan fingerprint density at radius 2 is 2.06 bits per heavy atom. The summed E-state index contributed by atoms with van der Waals surface area (Å²) in [6, 6.07) is 0. The molecule has 1 aliphatic rings. The number of hydrogen-bond acceptors (Lipinski definition) is 5. The summed E-state index contributed by atoms with van der Waals surface area (Å²) in [5, 5.41) is 8.69. The fraction of sp³-hybridized carbons (Fsp3) is 0.727. The van der Waals surface area contributed by atoms with Crippen LogP contribution in [0.4, 0.5) is 0 Å². The third-order valence-corrected chi connectivity index (χ3v) is 2.63. The molecule has 1 fully saturated rings. The van der Waals surface area contributed by atoms with Crippen LogP contribution in [0.25, 0.3) is 0 Å². The molecule has 0 aromatic rings. The van der Waals surface area contributed by atoms with Crippen molar-refractivity contribution < 1.29 is 29.0 Å². The Labute approximate surface area is 98.9 Å². The molecule has 1 aliphatic heterocycles. The van der Waals surface area contributed by atoms with E-state index < -0.39 is 24.0 Å². The van der Waals surface area contributed by atoms with Gasteiger partial charge in [-0.05, 0) is 19.8 Å². The average molecular weight is 244 g/mol. The summed E-state index contributed by atoms with van der Waals surface area (Å²) in [5.74, 6) is -2.19. The van der Waals surface area contributed by atoms with Crippen molar-refractivity contribution in [3.8, 4) is 0 Å². The molecule has 2 atom stereocenters. The Hall–Kier alpha value is -1.43. The highest BCUT2D eigenvalue weighted by Crippen LogP contribution is 2.21. The zero-order valence-corrected chi connectivity index (χ0v) is 9.68. The molecule has 1 N–H and O–H groups in total. The fourth-order valence-corrected chi connectivity index (χ4v) is 1.70. The minimum absolute atomic E-state index is 0.0647. The van der Waals surface area contributed by atoms with Gasteiger partial charge in [0.1, 0.15) is 12.2 Å². The lowest BCUT2D eigenvalue weighted by atomic mass is 9.93. The molecule has 0 saturated carbocycles. The molecule has 1 heterocycles. The first kappa shape index (κ1) is 13.6. The lowest BCUT2D eigenvalue weighted by Crippen LogP contribution is -2.35. The summed E-state index contributed by atoms with van der Waals surface area (Å²) in [4.78, 5) is 33.3. The third kappa shape index (κ3) is 4.14. The number of ether oxygens (including phenoxy) is 2. The van der Waals surface area contributed by atoms with E-state index in [4.69, 9.17) is 9.84 Å². The molecule has 0 spiro atoms. The Bertz CT molecular complexity index is 303. The zero-order chi connectivity index (χ0) is 12.8. The van der Waals surface area contributed by atoms with E-state index in [1.54, 1.807) is 6.92 Å². The second-order valence-electron chi connectivity index (χ2n) is 3.88. The number of esters is 1. The first-order valence-corrected chi connectivity index (χ1v) is 5.57. The number of hydrogen-bond donors (Lipinski definition) is 1. The Balaban J connectivity index is 2.35. The quantitative estimate of drug-likeness (QED) is 0.555. The average Bonchev–Trinajstić information content (AvgIpc) is 2.29. The number of carbonyl (C=O) groups is 3. The van der Waals surface area contributed by atoms with E-state index in [1.165, 1.54) is 0 Å². The number of ketones is 1. The van der Waals surface area contributed by atoms with E-state index in [2.05, 4.69) is 4.74 Å². The molecule has 1 rings (SSSR count). The predicted molar refractivity (Wildman–Crippen MR) is 56.4 cm³/mol. The number of carbonyl (C=O) groups excluding carboxylic acids is 2. The fourth-order valence-electron chi connectivity index (χ4n) is 1.70.